The average Bonchev–Trinajstić information content (AvgIpc) is 3.08. The van der Waals surface area contributed by atoms with Crippen molar-refractivity contribution < 1.29 is 14.3 Å². The van der Waals surface area contributed by atoms with E-state index in [0.717, 1.165) is 23.4 Å². The molecule has 5 nitrogen and oxygen atoms in total. The highest BCUT2D eigenvalue weighted by molar-refractivity contribution is 6.09. The van der Waals surface area contributed by atoms with Gasteiger partial charge in [-0.3, -0.25) is 9.59 Å². The summed E-state index contributed by atoms with van der Waals surface area (Å²) >= 11 is 0. The van der Waals surface area contributed by atoms with E-state index < -0.39 is 5.92 Å². The summed E-state index contributed by atoms with van der Waals surface area (Å²) in [6.07, 6.45) is 1.63. The van der Waals surface area contributed by atoms with E-state index in [1.54, 1.807) is 4.90 Å². The zero-order valence-corrected chi connectivity index (χ0v) is 16.8. The van der Waals surface area contributed by atoms with Gasteiger partial charge >= 0.3 is 0 Å². The molecule has 0 spiro atoms. The molecule has 1 unspecified atom stereocenters. The molecule has 0 aliphatic carbocycles. The Morgan fingerprint density at radius 1 is 1.11 bits per heavy atom. The maximum atomic E-state index is 12.7. The molecule has 1 fully saturated rings. The van der Waals surface area contributed by atoms with Crippen molar-refractivity contribution in [3.8, 4) is 5.75 Å². The number of rotatable bonds is 7. The van der Waals surface area contributed by atoms with Crippen molar-refractivity contribution in [2.75, 3.05) is 11.4 Å². The van der Waals surface area contributed by atoms with Crippen molar-refractivity contribution in [3.63, 3.8) is 0 Å². The van der Waals surface area contributed by atoms with E-state index >= 15 is 0 Å². The van der Waals surface area contributed by atoms with Crippen LogP contribution in [0.15, 0.2) is 48.5 Å². The number of hydrogen-bond donors (Lipinski definition) is 1. The summed E-state index contributed by atoms with van der Waals surface area (Å²) < 4.78 is 5.62. The lowest BCUT2D eigenvalue weighted by Gasteiger charge is -2.17. The predicted molar refractivity (Wildman–Crippen MR) is 110 cm³/mol. The zero-order chi connectivity index (χ0) is 20.1. The zero-order valence-electron chi connectivity index (χ0n) is 16.8. The standard InChI is InChI=1S/C23H28N2O3/c1-4-17-5-9-19(10-6-17)25-14-13-21(23(25)27)22(26)24-15-18-7-11-20(12-8-18)28-16(2)3/h5-12,16,21H,4,13-15H2,1-3H3,(H,24,26). The first kappa shape index (κ1) is 19.9. The van der Waals surface area contributed by atoms with Crippen LogP contribution in [0.25, 0.3) is 0 Å². The average molecular weight is 380 g/mol. The highest BCUT2D eigenvalue weighted by atomic mass is 16.5. The molecule has 1 N–H and O–H groups in total. The van der Waals surface area contributed by atoms with Gasteiger partial charge in [0.1, 0.15) is 11.7 Å². The molecule has 2 aromatic carbocycles. The highest BCUT2D eigenvalue weighted by Gasteiger charge is 2.37. The highest BCUT2D eigenvalue weighted by Crippen LogP contribution is 2.26. The van der Waals surface area contributed by atoms with Gasteiger partial charge in [-0.2, -0.15) is 0 Å². The molecule has 0 bridgehead atoms. The van der Waals surface area contributed by atoms with Crippen LogP contribution < -0.4 is 15.0 Å². The van der Waals surface area contributed by atoms with Crippen molar-refractivity contribution >= 4 is 17.5 Å². The summed E-state index contributed by atoms with van der Waals surface area (Å²) in [5, 5.41) is 2.89. The molecule has 0 aromatic heterocycles. The third kappa shape index (κ3) is 4.71. The summed E-state index contributed by atoms with van der Waals surface area (Å²) in [5.41, 5.74) is 3.06. The summed E-state index contributed by atoms with van der Waals surface area (Å²) in [6.45, 7) is 7.03. The van der Waals surface area contributed by atoms with Gasteiger partial charge in [-0.15, -0.1) is 0 Å². The Kier molecular flexibility index (Phi) is 6.34. The first-order valence-electron chi connectivity index (χ1n) is 9.91. The molecule has 0 saturated carbocycles. The second-order valence-corrected chi connectivity index (χ2v) is 7.38. The summed E-state index contributed by atoms with van der Waals surface area (Å²) in [5.74, 6) is -0.141. The molecule has 1 saturated heterocycles. The van der Waals surface area contributed by atoms with E-state index in [2.05, 4.69) is 12.2 Å². The van der Waals surface area contributed by atoms with Gasteiger partial charge in [0.05, 0.1) is 6.10 Å². The fourth-order valence-electron chi connectivity index (χ4n) is 3.36. The van der Waals surface area contributed by atoms with E-state index in [1.807, 2.05) is 62.4 Å². The molecule has 148 valence electrons. The molecular formula is C23H28N2O3. The Balaban J connectivity index is 1.55. The lowest BCUT2D eigenvalue weighted by Crippen LogP contribution is -2.36. The Morgan fingerprint density at radius 3 is 2.36 bits per heavy atom. The van der Waals surface area contributed by atoms with Crippen molar-refractivity contribution in [2.24, 2.45) is 5.92 Å². The first-order chi connectivity index (χ1) is 13.5. The minimum atomic E-state index is -0.616. The van der Waals surface area contributed by atoms with Gasteiger partial charge in [0.25, 0.3) is 0 Å². The summed E-state index contributed by atoms with van der Waals surface area (Å²) in [6, 6.07) is 15.6. The predicted octanol–water partition coefficient (Wildman–Crippen LogP) is 3.71. The van der Waals surface area contributed by atoms with Crippen LogP contribution in [-0.2, 0) is 22.6 Å². The number of benzene rings is 2. The molecule has 1 aliphatic rings. The second-order valence-electron chi connectivity index (χ2n) is 7.38. The molecule has 1 atom stereocenters. The number of hydrogen-bond acceptors (Lipinski definition) is 3. The quantitative estimate of drug-likeness (QED) is 0.745. The van der Waals surface area contributed by atoms with Crippen molar-refractivity contribution in [1.29, 1.82) is 0 Å². The number of aryl methyl sites for hydroxylation is 1. The van der Waals surface area contributed by atoms with E-state index in [9.17, 15) is 9.59 Å². The van der Waals surface area contributed by atoms with Gasteiger partial charge < -0.3 is 15.0 Å². The normalized spacial score (nSPS) is 16.5. The van der Waals surface area contributed by atoms with Crippen LogP contribution >= 0.6 is 0 Å². The first-order valence-corrected chi connectivity index (χ1v) is 9.91. The van der Waals surface area contributed by atoms with Crippen LogP contribution in [-0.4, -0.2) is 24.5 Å². The number of nitrogens with one attached hydrogen (secondary N) is 1. The van der Waals surface area contributed by atoms with Crippen LogP contribution in [0.3, 0.4) is 0 Å². The van der Waals surface area contributed by atoms with Gasteiger partial charge in [0.2, 0.25) is 11.8 Å². The van der Waals surface area contributed by atoms with Crippen molar-refractivity contribution in [3.05, 3.63) is 59.7 Å². The molecule has 3 rings (SSSR count). The SMILES string of the molecule is CCc1ccc(N2CCC(C(=O)NCc3ccc(OC(C)C)cc3)C2=O)cc1. The van der Waals surface area contributed by atoms with Crippen LogP contribution in [0.4, 0.5) is 5.69 Å². The molecule has 28 heavy (non-hydrogen) atoms. The number of ether oxygens (including phenoxy) is 1. The third-order valence-corrected chi connectivity index (χ3v) is 4.94. The lowest BCUT2D eigenvalue weighted by atomic mass is 10.1. The third-order valence-electron chi connectivity index (χ3n) is 4.94. The van der Waals surface area contributed by atoms with E-state index in [1.165, 1.54) is 5.56 Å². The summed E-state index contributed by atoms with van der Waals surface area (Å²) in [4.78, 5) is 27.0. The van der Waals surface area contributed by atoms with E-state index in [0.29, 0.717) is 19.5 Å². The van der Waals surface area contributed by atoms with Gasteiger partial charge in [-0.05, 0) is 62.1 Å². The van der Waals surface area contributed by atoms with Gasteiger partial charge in [0.15, 0.2) is 0 Å². The number of nitrogens with zero attached hydrogens (tertiary/aromatic N) is 1. The van der Waals surface area contributed by atoms with Crippen molar-refractivity contribution in [2.45, 2.75) is 46.3 Å². The van der Waals surface area contributed by atoms with Gasteiger partial charge in [-0.1, -0.05) is 31.2 Å². The van der Waals surface area contributed by atoms with Gasteiger partial charge in [0, 0.05) is 18.8 Å². The maximum absolute atomic E-state index is 12.7. The topological polar surface area (TPSA) is 58.6 Å². The van der Waals surface area contributed by atoms with Crippen LogP contribution in [0.5, 0.6) is 5.75 Å². The Hall–Kier alpha value is -2.82. The molecule has 0 radical (unpaired) electrons. The van der Waals surface area contributed by atoms with Crippen LogP contribution in [0, 0.1) is 5.92 Å². The smallest absolute Gasteiger partial charge is 0.239 e. The molecule has 5 heteroatoms. The van der Waals surface area contributed by atoms with Crippen molar-refractivity contribution in [1.82, 2.24) is 5.32 Å². The molecule has 1 aliphatic heterocycles. The molecule has 1 heterocycles. The fourth-order valence-corrected chi connectivity index (χ4v) is 3.36. The fraction of sp³-hybridized carbons (Fsp3) is 0.391. The Morgan fingerprint density at radius 2 is 1.75 bits per heavy atom. The Labute approximate surface area is 166 Å². The Bertz CT molecular complexity index is 813. The number of carbonyl (C=O) groups is 2. The number of anilines is 1. The maximum Gasteiger partial charge on any atom is 0.239 e. The van der Waals surface area contributed by atoms with E-state index in [-0.39, 0.29) is 17.9 Å². The minimum absolute atomic E-state index is 0.123. The van der Waals surface area contributed by atoms with Crippen LogP contribution in [0.1, 0.15) is 38.3 Å². The molecular weight excluding hydrogens is 352 g/mol. The largest absolute Gasteiger partial charge is 0.491 e. The minimum Gasteiger partial charge on any atom is -0.491 e. The number of amides is 2. The molecule has 2 aromatic rings. The molecule has 2 amide bonds. The van der Waals surface area contributed by atoms with Gasteiger partial charge in [-0.25, -0.2) is 0 Å². The van der Waals surface area contributed by atoms with Crippen LogP contribution in [0.2, 0.25) is 0 Å². The van der Waals surface area contributed by atoms with E-state index in [4.69, 9.17) is 4.74 Å². The number of carbonyl (C=O) groups excluding carboxylic acids is 2. The monoisotopic (exact) mass is 380 g/mol. The second kappa shape index (κ2) is 8.91. The lowest BCUT2D eigenvalue weighted by molar-refractivity contribution is -0.132. The summed E-state index contributed by atoms with van der Waals surface area (Å²) in [7, 11) is 0.